The van der Waals surface area contributed by atoms with Gasteiger partial charge >= 0.3 is 12.1 Å². The molecule has 0 unspecified atom stereocenters. The molecule has 0 atom stereocenters. The number of hydrogen-bond donors (Lipinski definition) is 1. The van der Waals surface area contributed by atoms with E-state index in [1.54, 1.807) is 0 Å². The number of carboxylic acid groups (broad SMARTS) is 1. The average molecular weight is 214 g/mol. The van der Waals surface area contributed by atoms with Gasteiger partial charge < -0.3 is 9.84 Å². The van der Waals surface area contributed by atoms with E-state index in [1.807, 2.05) is 0 Å². The van der Waals surface area contributed by atoms with Gasteiger partial charge in [0, 0.05) is 6.08 Å². The molecule has 15 heavy (non-hydrogen) atoms. The smallest absolute Gasteiger partial charge is 0.419 e. The molecule has 0 amide bonds. The van der Waals surface area contributed by atoms with Gasteiger partial charge in [-0.1, -0.05) is 18.7 Å². The fraction of sp³-hybridized carbons (Fsp3) is 0.100. The first kappa shape index (κ1) is 11.2. The highest BCUT2D eigenvalue weighted by molar-refractivity contribution is 5.90. The van der Waals surface area contributed by atoms with Gasteiger partial charge in [-0.05, 0) is 12.1 Å². The van der Waals surface area contributed by atoms with Crippen molar-refractivity contribution >= 4 is 5.97 Å². The summed E-state index contributed by atoms with van der Waals surface area (Å²) >= 11 is 0. The molecule has 0 saturated carbocycles. The first-order chi connectivity index (χ1) is 6.96. The number of benzene rings is 1. The fourth-order valence-electron chi connectivity index (χ4n) is 0.921. The number of aromatic carboxylic acids is 1. The predicted molar refractivity (Wildman–Crippen MR) is 49.2 cm³/mol. The third-order valence-electron chi connectivity index (χ3n) is 1.60. The maximum Gasteiger partial charge on any atom is 0.419 e. The van der Waals surface area contributed by atoms with Crippen LogP contribution in [0.3, 0.4) is 0 Å². The zero-order valence-corrected chi connectivity index (χ0v) is 7.61. The molecule has 5 heteroatoms. The molecule has 0 fully saturated rings. The van der Waals surface area contributed by atoms with Gasteiger partial charge in [0.05, 0.1) is 0 Å². The molecule has 1 rings (SSSR count). The molecule has 0 aliphatic rings. The van der Waals surface area contributed by atoms with Gasteiger partial charge in [0.1, 0.15) is 11.3 Å². The van der Waals surface area contributed by atoms with Crippen molar-refractivity contribution in [3.8, 4) is 5.75 Å². The third kappa shape index (κ3) is 2.77. The van der Waals surface area contributed by atoms with Crippen molar-refractivity contribution < 1.29 is 23.4 Å². The van der Waals surface area contributed by atoms with Crippen molar-refractivity contribution in [2.24, 2.45) is 0 Å². The minimum atomic E-state index is -3.58. The van der Waals surface area contributed by atoms with Crippen LogP contribution in [-0.4, -0.2) is 17.2 Å². The molecule has 0 aromatic heterocycles. The first-order valence-electron chi connectivity index (χ1n) is 3.99. The summed E-state index contributed by atoms with van der Waals surface area (Å²) in [5.74, 6) is -1.72. The van der Waals surface area contributed by atoms with E-state index < -0.39 is 17.8 Å². The molecule has 0 heterocycles. The van der Waals surface area contributed by atoms with E-state index in [9.17, 15) is 13.6 Å². The second-order valence-corrected chi connectivity index (χ2v) is 2.67. The number of halogens is 2. The Balaban J connectivity index is 3.04. The van der Waals surface area contributed by atoms with Crippen LogP contribution in [0.15, 0.2) is 36.9 Å². The minimum Gasteiger partial charge on any atom is -0.478 e. The number of ether oxygens (including phenoxy) is 1. The van der Waals surface area contributed by atoms with Crippen molar-refractivity contribution in [2.75, 3.05) is 0 Å². The molecule has 0 aliphatic carbocycles. The van der Waals surface area contributed by atoms with Gasteiger partial charge in [-0.25, -0.2) is 4.79 Å². The normalized spacial score (nSPS) is 10.8. The second-order valence-electron chi connectivity index (χ2n) is 2.67. The highest BCUT2D eigenvalue weighted by atomic mass is 19.3. The summed E-state index contributed by atoms with van der Waals surface area (Å²) in [5.41, 5.74) is -0.320. The van der Waals surface area contributed by atoms with Crippen molar-refractivity contribution in [1.82, 2.24) is 0 Å². The molecular weight excluding hydrogens is 206 g/mol. The summed E-state index contributed by atoms with van der Waals surface area (Å²) in [4.78, 5) is 10.6. The zero-order valence-electron chi connectivity index (χ0n) is 7.61. The third-order valence-corrected chi connectivity index (χ3v) is 1.60. The van der Waals surface area contributed by atoms with Gasteiger partial charge in [-0.3, -0.25) is 0 Å². The molecule has 3 nitrogen and oxygen atoms in total. The van der Waals surface area contributed by atoms with E-state index in [0.29, 0.717) is 6.08 Å². The number of carboxylic acids is 1. The van der Waals surface area contributed by atoms with Crippen LogP contribution in [0.2, 0.25) is 0 Å². The molecule has 0 radical (unpaired) electrons. The minimum absolute atomic E-state index is 0.297. The largest absolute Gasteiger partial charge is 0.478 e. The summed E-state index contributed by atoms with van der Waals surface area (Å²) in [6.45, 7) is 2.88. The number of rotatable bonds is 4. The van der Waals surface area contributed by atoms with Crippen LogP contribution in [0.1, 0.15) is 10.4 Å². The second kappa shape index (κ2) is 4.08. The maximum absolute atomic E-state index is 12.7. The summed E-state index contributed by atoms with van der Waals surface area (Å²) < 4.78 is 29.7. The van der Waals surface area contributed by atoms with Crippen molar-refractivity contribution in [3.05, 3.63) is 42.5 Å². The average Bonchev–Trinajstić information content (AvgIpc) is 2.18. The molecular formula is C10H8F2O3. The predicted octanol–water partition coefficient (Wildman–Crippen LogP) is 2.54. The molecule has 0 saturated heterocycles. The van der Waals surface area contributed by atoms with Crippen LogP contribution in [0.4, 0.5) is 8.78 Å². The van der Waals surface area contributed by atoms with E-state index in [-0.39, 0.29) is 5.56 Å². The standard InChI is InChI=1S/C10H8F2O3/c1-2-10(11,12)15-8-6-4-3-5-7(8)9(13)14/h2-6H,1H2,(H,13,14). The fourth-order valence-corrected chi connectivity index (χ4v) is 0.921. The SMILES string of the molecule is C=CC(F)(F)Oc1ccccc1C(=O)O. The Kier molecular flexibility index (Phi) is 3.04. The van der Waals surface area contributed by atoms with Crippen LogP contribution < -0.4 is 4.74 Å². The number of alkyl halides is 2. The molecule has 1 N–H and O–H groups in total. The lowest BCUT2D eigenvalue weighted by molar-refractivity contribution is -0.131. The highest BCUT2D eigenvalue weighted by Crippen LogP contribution is 2.25. The Hall–Kier alpha value is -1.91. The molecule has 0 spiro atoms. The summed E-state index contributed by atoms with van der Waals surface area (Å²) in [6, 6.07) is 5.15. The lowest BCUT2D eigenvalue weighted by atomic mass is 10.2. The Bertz CT molecular complexity index is 388. The maximum atomic E-state index is 12.7. The van der Waals surface area contributed by atoms with Crippen LogP contribution >= 0.6 is 0 Å². The van der Waals surface area contributed by atoms with Gasteiger partial charge in [0.2, 0.25) is 0 Å². The number of para-hydroxylation sites is 1. The van der Waals surface area contributed by atoms with E-state index in [2.05, 4.69) is 11.3 Å². The summed E-state index contributed by atoms with van der Waals surface area (Å²) in [6.07, 6.45) is -3.28. The van der Waals surface area contributed by atoms with E-state index in [0.717, 1.165) is 6.07 Å². The Morgan fingerprint density at radius 2 is 2.07 bits per heavy atom. The van der Waals surface area contributed by atoms with Crippen LogP contribution in [0.25, 0.3) is 0 Å². The van der Waals surface area contributed by atoms with Crippen molar-refractivity contribution in [3.63, 3.8) is 0 Å². The quantitative estimate of drug-likeness (QED) is 0.783. The van der Waals surface area contributed by atoms with Crippen LogP contribution in [-0.2, 0) is 0 Å². The molecule has 80 valence electrons. The molecule has 1 aromatic carbocycles. The van der Waals surface area contributed by atoms with Gasteiger partial charge in [-0.15, -0.1) is 0 Å². The Morgan fingerprint density at radius 1 is 1.47 bits per heavy atom. The summed E-state index contributed by atoms with van der Waals surface area (Å²) in [5, 5.41) is 8.68. The van der Waals surface area contributed by atoms with E-state index in [1.165, 1.54) is 18.2 Å². The lowest BCUT2D eigenvalue weighted by Gasteiger charge is -2.14. The lowest BCUT2D eigenvalue weighted by Crippen LogP contribution is -2.22. The van der Waals surface area contributed by atoms with E-state index >= 15 is 0 Å². The van der Waals surface area contributed by atoms with E-state index in [4.69, 9.17) is 5.11 Å². The molecule has 1 aromatic rings. The van der Waals surface area contributed by atoms with Crippen molar-refractivity contribution in [2.45, 2.75) is 6.11 Å². The number of carbonyl (C=O) groups is 1. The Morgan fingerprint density at radius 3 is 2.60 bits per heavy atom. The highest BCUT2D eigenvalue weighted by Gasteiger charge is 2.28. The van der Waals surface area contributed by atoms with Crippen molar-refractivity contribution in [1.29, 1.82) is 0 Å². The van der Waals surface area contributed by atoms with Gasteiger partial charge in [0.15, 0.2) is 0 Å². The van der Waals surface area contributed by atoms with Crippen LogP contribution in [0, 0.1) is 0 Å². The zero-order chi connectivity index (χ0) is 11.5. The number of hydrogen-bond acceptors (Lipinski definition) is 2. The monoisotopic (exact) mass is 214 g/mol. The Labute approximate surface area is 84.6 Å². The topological polar surface area (TPSA) is 46.5 Å². The molecule has 0 bridgehead atoms. The molecule has 0 aliphatic heterocycles. The first-order valence-corrected chi connectivity index (χ1v) is 3.99. The van der Waals surface area contributed by atoms with Crippen LogP contribution in [0.5, 0.6) is 5.75 Å². The summed E-state index contributed by atoms with van der Waals surface area (Å²) in [7, 11) is 0. The van der Waals surface area contributed by atoms with Gasteiger partial charge in [0.25, 0.3) is 0 Å². The van der Waals surface area contributed by atoms with Gasteiger partial charge in [-0.2, -0.15) is 8.78 Å².